The fraction of sp³-hybridized carbons (Fsp3) is 1.00. The van der Waals surface area contributed by atoms with E-state index in [-0.39, 0.29) is 11.2 Å². The van der Waals surface area contributed by atoms with E-state index in [1.807, 2.05) is 0 Å². The molecular formula is C12H22O4. The van der Waals surface area contributed by atoms with E-state index in [9.17, 15) is 0 Å². The van der Waals surface area contributed by atoms with Crippen molar-refractivity contribution in [1.29, 1.82) is 0 Å². The van der Waals surface area contributed by atoms with Crippen LogP contribution < -0.4 is 0 Å². The summed E-state index contributed by atoms with van der Waals surface area (Å²) in [5.41, 5.74) is 0.157. The van der Waals surface area contributed by atoms with Crippen LogP contribution in [0.4, 0.5) is 0 Å². The highest BCUT2D eigenvalue weighted by Crippen LogP contribution is 2.44. The van der Waals surface area contributed by atoms with Crippen LogP contribution in [0.15, 0.2) is 0 Å². The van der Waals surface area contributed by atoms with Crippen LogP contribution in [0.2, 0.25) is 0 Å². The van der Waals surface area contributed by atoms with Crippen molar-refractivity contribution in [1.82, 2.24) is 0 Å². The summed E-state index contributed by atoms with van der Waals surface area (Å²) in [5, 5.41) is 0. The third kappa shape index (κ3) is 2.40. The fourth-order valence-corrected chi connectivity index (χ4v) is 2.89. The quantitative estimate of drug-likeness (QED) is 0.735. The van der Waals surface area contributed by atoms with Gasteiger partial charge in [-0.05, 0) is 12.8 Å². The van der Waals surface area contributed by atoms with Gasteiger partial charge in [-0.15, -0.1) is 0 Å². The molecule has 0 unspecified atom stereocenters. The molecule has 4 nitrogen and oxygen atoms in total. The van der Waals surface area contributed by atoms with Gasteiger partial charge < -0.3 is 18.9 Å². The molecule has 4 heteroatoms. The van der Waals surface area contributed by atoms with Gasteiger partial charge in [0.25, 0.3) is 0 Å². The van der Waals surface area contributed by atoms with Crippen LogP contribution in [0.25, 0.3) is 0 Å². The van der Waals surface area contributed by atoms with Crippen molar-refractivity contribution in [2.24, 2.45) is 5.41 Å². The Kier molecular flexibility index (Phi) is 3.85. The zero-order valence-corrected chi connectivity index (χ0v) is 10.3. The maximum Gasteiger partial charge on any atom is 0.168 e. The molecule has 2 rings (SSSR count). The summed E-state index contributed by atoms with van der Waals surface area (Å²) < 4.78 is 22.1. The lowest BCUT2D eigenvalue weighted by atomic mass is 9.73. The second-order valence-electron chi connectivity index (χ2n) is 4.97. The highest BCUT2D eigenvalue weighted by Gasteiger charge is 2.46. The predicted molar refractivity (Wildman–Crippen MR) is 59.3 cm³/mol. The highest BCUT2D eigenvalue weighted by atomic mass is 16.7. The molecule has 0 amide bonds. The summed E-state index contributed by atoms with van der Waals surface area (Å²) in [7, 11) is 3.51. The monoisotopic (exact) mass is 230 g/mol. The van der Waals surface area contributed by atoms with E-state index < -0.39 is 0 Å². The molecule has 1 saturated heterocycles. The van der Waals surface area contributed by atoms with Gasteiger partial charge in [-0.3, -0.25) is 0 Å². The van der Waals surface area contributed by atoms with Crippen LogP contribution in [0, 0.1) is 5.41 Å². The molecule has 0 radical (unpaired) electrons. The summed E-state index contributed by atoms with van der Waals surface area (Å²) in [6, 6.07) is 0. The second-order valence-corrected chi connectivity index (χ2v) is 4.97. The maximum atomic E-state index is 5.73. The Morgan fingerprint density at radius 1 is 0.875 bits per heavy atom. The average Bonchev–Trinajstić information content (AvgIpc) is 2.73. The third-order valence-electron chi connectivity index (χ3n) is 3.79. The molecule has 1 saturated carbocycles. The molecule has 0 aromatic carbocycles. The van der Waals surface area contributed by atoms with Crippen molar-refractivity contribution in [2.45, 2.75) is 31.5 Å². The van der Waals surface area contributed by atoms with Gasteiger partial charge in [-0.25, -0.2) is 0 Å². The smallest absolute Gasteiger partial charge is 0.168 e. The van der Waals surface area contributed by atoms with Crippen molar-refractivity contribution in [3.8, 4) is 0 Å². The first kappa shape index (κ1) is 12.3. The number of hydrogen-bond donors (Lipinski definition) is 0. The molecule has 94 valence electrons. The van der Waals surface area contributed by atoms with Crippen LogP contribution in [-0.2, 0) is 18.9 Å². The van der Waals surface area contributed by atoms with E-state index in [1.165, 1.54) is 0 Å². The molecule has 2 fully saturated rings. The molecule has 16 heavy (non-hydrogen) atoms. The molecule has 0 bridgehead atoms. The summed E-state index contributed by atoms with van der Waals surface area (Å²) >= 11 is 0. The molecule has 2 aliphatic rings. The zero-order valence-electron chi connectivity index (χ0n) is 10.3. The number of ether oxygens (including phenoxy) is 4. The summed E-state index contributed by atoms with van der Waals surface area (Å²) in [5.74, 6) is -0.287. The van der Waals surface area contributed by atoms with Crippen molar-refractivity contribution >= 4 is 0 Å². The number of hydrogen-bond acceptors (Lipinski definition) is 4. The van der Waals surface area contributed by atoms with E-state index in [2.05, 4.69) is 0 Å². The SMILES string of the molecule is COCC1(COC)CCC2(CC1)OCCO2. The van der Waals surface area contributed by atoms with Gasteiger partial charge in [0.05, 0.1) is 26.4 Å². The van der Waals surface area contributed by atoms with Crippen molar-refractivity contribution in [2.75, 3.05) is 40.6 Å². The van der Waals surface area contributed by atoms with Crippen molar-refractivity contribution in [3.05, 3.63) is 0 Å². The minimum atomic E-state index is -0.287. The molecule has 1 aliphatic heterocycles. The van der Waals surface area contributed by atoms with Gasteiger partial charge in [0, 0.05) is 32.5 Å². The normalized spacial score (nSPS) is 27.4. The zero-order chi connectivity index (χ0) is 11.5. The fourth-order valence-electron chi connectivity index (χ4n) is 2.89. The van der Waals surface area contributed by atoms with E-state index in [0.29, 0.717) is 0 Å². The highest BCUT2D eigenvalue weighted by molar-refractivity contribution is 4.91. The van der Waals surface area contributed by atoms with Gasteiger partial charge in [0.2, 0.25) is 0 Å². The molecule has 0 atom stereocenters. The molecule has 1 heterocycles. The average molecular weight is 230 g/mol. The Labute approximate surface area is 97.2 Å². The van der Waals surface area contributed by atoms with Crippen LogP contribution in [0.5, 0.6) is 0 Å². The maximum absolute atomic E-state index is 5.73. The van der Waals surface area contributed by atoms with Gasteiger partial charge in [-0.2, -0.15) is 0 Å². The van der Waals surface area contributed by atoms with Gasteiger partial charge >= 0.3 is 0 Å². The first-order chi connectivity index (χ1) is 7.74. The third-order valence-corrected chi connectivity index (χ3v) is 3.79. The first-order valence-electron chi connectivity index (χ1n) is 6.00. The van der Waals surface area contributed by atoms with Gasteiger partial charge in [-0.1, -0.05) is 0 Å². The Hall–Kier alpha value is -0.160. The summed E-state index contributed by atoms with van der Waals surface area (Å²) in [6.45, 7) is 3.00. The number of rotatable bonds is 4. The largest absolute Gasteiger partial charge is 0.384 e. The Morgan fingerprint density at radius 2 is 1.38 bits per heavy atom. The first-order valence-corrected chi connectivity index (χ1v) is 6.00. The second kappa shape index (κ2) is 5.00. The summed E-state index contributed by atoms with van der Waals surface area (Å²) in [6.07, 6.45) is 4.02. The standard InChI is InChI=1S/C12H22O4/c1-13-9-11(10-14-2)3-5-12(6-4-11)15-7-8-16-12/h3-10H2,1-2H3. The molecular weight excluding hydrogens is 208 g/mol. The van der Waals surface area contributed by atoms with Crippen molar-refractivity contribution in [3.63, 3.8) is 0 Å². The Morgan fingerprint density at radius 3 is 1.81 bits per heavy atom. The lowest BCUT2D eigenvalue weighted by molar-refractivity contribution is -0.200. The minimum absolute atomic E-state index is 0.157. The lowest BCUT2D eigenvalue weighted by Gasteiger charge is -2.42. The number of methoxy groups -OCH3 is 2. The van der Waals surface area contributed by atoms with Crippen molar-refractivity contribution < 1.29 is 18.9 Å². The van der Waals surface area contributed by atoms with Crippen LogP contribution in [0.1, 0.15) is 25.7 Å². The van der Waals surface area contributed by atoms with Crippen LogP contribution in [-0.4, -0.2) is 46.4 Å². The van der Waals surface area contributed by atoms with E-state index in [1.54, 1.807) is 14.2 Å². The van der Waals surface area contributed by atoms with Gasteiger partial charge in [0.1, 0.15) is 0 Å². The topological polar surface area (TPSA) is 36.9 Å². The summed E-state index contributed by atoms with van der Waals surface area (Å²) in [4.78, 5) is 0. The Bertz CT molecular complexity index is 205. The predicted octanol–water partition coefficient (Wildman–Crippen LogP) is 1.58. The molecule has 0 aromatic heterocycles. The van der Waals surface area contributed by atoms with Gasteiger partial charge in [0.15, 0.2) is 5.79 Å². The minimum Gasteiger partial charge on any atom is -0.384 e. The van der Waals surface area contributed by atoms with E-state index >= 15 is 0 Å². The Balaban J connectivity index is 1.94. The lowest BCUT2D eigenvalue weighted by Crippen LogP contribution is -2.44. The van der Waals surface area contributed by atoms with Crippen LogP contribution >= 0.6 is 0 Å². The molecule has 0 N–H and O–H groups in total. The molecule has 0 aromatic rings. The van der Waals surface area contributed by atoms with Crippen LogP contribution in [0.3, 0.4) is 0 Å². The molecule has 1 aliphatic carbocycles. The van der Waals surface area contributed by atoms with E-state index in [4.69, 9.17) is 18.9 Å². The van der Waals surface area contributed by atoms with E-state index in [0.717, 1.165) is 52.1 Å². The molecule has 1 spiro atoms.